The number of hydrogen-bond acceptors (Lipinski definition) is 4. The fourth-order valence-electron chi connectivity index (χ4n) is 3.62. The molecule has 1 saturated heterocycles. The Morgan fingerprint density at radius 1 is 1.30 bits per heavy atom. The van der Waals surface area contributed by atoms with Crippen LogP contribution in [0.5, 0.6) is 11.5 Å². The van der Waals surface area contributed by atoms with Gasteiger partial charge in [0, 0.05) is 18.5 Å². The average molecular weight is 276 g/mol. The lowest BCUT2D eigenvalue weighted by Crippen LogP contribution is -2.27. The highest BCUT2D eigenvalue weighted by Crippen LogP contribution is 2.46. The highest BCUT2D eigenvalue weighted by molar-refractivity contribution is 5.71. The highest BCUT2D eigenvalue weighted by atomic mass is 16.5. The number of likely N-dealkylation sites (tertiary alicyclic amines) is 1. The first-order valence-electron chi connectivity index (χ1n) is 7.43. The van der Waals surface area contributed by atoms with Gasteiger partial charge in [-0.25, -0.2) is 0 Å². The van der Waals surface area contributed by atoms with Gasteiger partial charge in [0.15, 0.2) is 11.5 Å². The lowest BCUT2D eigenvalue weighted by Gasteiger charge is -2.23. The van der Waals surface area contributed by atoms with Crippen LogP contribution in [0.1, 0.15) is 30.7 Å². The summed E-state index contributed by atoms with van der Waals surface area (Å²) in [7, 11) is 5.64. The molecule has 0 saturated carbocycles. The van der Waals surface area contributed by atoms with Crippen LogP contribution in [0.3, 0.4) is 0 Å². The van der Waals surface area contributed by atoms with Gasteiger partial charge in [0.25, 0.3) is 0 Å². The monoisotopic (exact) mass is 276 g/mol. The van der Waals surface area contributed by atoms with Crippen molar-refractivity contribution in [2.45, 2.75) is 31.2 Å². The first-order chi connectivity index (χ1) is 9.74. The Kier molecular flexibility index (Phi) is 3.74. The van der Waals surface area contributed by atoms with Crippen LogP contribution in [0, 0.1) is 0 Å². The number of hydrogen-bond donors (Lipinski definition) is 1. The van der Waals surface area contributed by atoms with Gasteiger partial charge >= 0.3 is 0 Å². The van der Waals surface area contributed by atoms with Gasteiger partial charge in [-0.1, -0.05) is 6.07 Å². The van der Waals surface area contributed by atoms with E-state index in [9.17, 15) is 0 Å². The van der Waals surface area contributed by atoms with Gasteiger partial charge in [-0.15, -0.1) is 0 Å². The van der Waals surface area contributed by atoms with E-state index in [-0.39, 0.29) is 0 Å². The summed E-state index contributed by atoms with van der Waals surface area (Å²) in [5.41, 5.74) is 2.50. The molecule has 2 atom stereocenters. The quantitative estimate of drug-likeness (QED) is 0.917. The molecule has 4 nitrogen and oxygen atoms in total. The topological polar surface area (TPSA) is 33.7 Å². The summed E-state index contributed by atoms with van der Waals surface area (Å²) < 4.78 is 10.9. The number of nitrogens with one attached hydrogen (secondary N) is 1. The van der Waals surface area contributed by atoms with E-state index >= 15 is 0 Å². The van der Waals surface area contributed by atoms with Crippen molar-refractivity contribution in [2.75, 3.05) is 39.7 Å². The zero-order valence-electron chi connectivity index (χ0n) is 12.6. The predicted molar refractivity (Wildman–Crippen MR) is 81.0 cm³/mol. The summed E-state index contributed by atoms with van der Waals surface area (Å²) in [6.07, 6.45) is 3.89. The lowest BCUT2D eigenvalue weighted by atomic mass is 9.92. The SMILES string of the molecule is COc1ccc2c(c1OC)NCC2C[C@H]1CCCN1C. The third kappa shape index (κ3) is 2.22. The van der Waals surface area contributed by atoms with Gasteiger partial charge < -0.3 is 19.7 Å². The van der Waals surface area contributed by atoms with Crippen LogP contribution in [-0.2, 0) is 0 Å². The Labute approximate surface area is 121 Å². The number of methoxy groups -OCH3 is 2. The molecule has 20 heavy (non-hydrogen) atoms. The molecule has 0 radical (unpaired) electrons. The van der Waals surface area contributed by atoms with E-state index in [0.29, 0.717) is 5.92 Å². The maximum atomic E-state index is 5.52. The minimum Gasteiger partial charge on any atom is -0.493 e. The molecule has 0 spiro atoms. The zero-order valence-corrected chi connectivity index (χ0v) is 12.6. The molecule has 1 aromatic carbocycles. The molecular weight excluding hydrogens is 252 g/mol. The maximum absolute atomic E-state index is 5.52. The third-order valence-electron chi connectivity index (χ3n) is 4.77. The lowest BCUT2D eigenvalue weighted by molar-refractivity contribution is 0.285. The molecule has 1 unspecified atom stereocenters. The maximum Gasteiger partial charge on any atom is 0.184 e. The number of rotatable bonds is 4. The predicted octanol–water partition coefficient (Wildman–Crippen LogP) is 2.70. The Bertz CT molecular complexity index is 490. The Balaban J connectivity index is 1.83. The minimum atomic E-state index is 0.579. The summed E-state index contributed by atoms with van der Waals surface area (Å²) in [5.74, 6) is 2.22. The number of anilines is 1. The first kappa shape index (κ1) is 13.6. The Morgan fingerprint density at radius 2 is 2.15 bits per heavy atom. The van der Waals surface area contributed by atoms with E-state index in [0.717, 1.165) is 29.8 Å². The fraction of sp³-hybridized carbons (Fsp3) is 0.625. The summed E-state index contributed by atoms with van der Waals surface area (Å²) >= 11 is 0. The molecule has 0 aliphatic carbocycles. The van der Waals surface area contributed by atoms with Gasteiger partial charge in [0.1, 0.15) is 0 Å². The van der Waals surface area contributed by atoms with Crippen LogP contribution < -0.4 is 14.8 Å². The second kappa shape index (κ2) is 5.52. The Morgan fingerprint density at radius 3 is 2.80 bits per heavy atom. The van der Waals surface area contributed by atoms with Crippen LogP contribution in [0.15, 0.2) is 12.1 Å². The van der Waals surface area contributed by atoms with Gasteiger partial charge in [0.05, 0.1) is 19.9 Å². The molecule has 1 fully saturated rings. The van der Waals surface area contributed by atoms with Crippen molar-refractivity contribution in [2.24, 2.45) is 0 Å². The molecule has 0 bridgehead atoms. The molecule has 1 N–H and O–H groups in total. The summed E-state index contributed by atoms with van der Waals surface area (Å²) in [4.78, 5) is 2.50. The number of benzene rings is 1. The molecule has 4 heteroatoms. The Hall–Kier alpha value is -1.42. The molecule has 2 heterocycles. The van der Waals surface area contributed by atoms with E-state index in [1.165, 1.54) is 31.4 Å². The van der Waals surface area contributed by atoms with E-state index in [4.69, 9.17) is 9.47 Å². The van der Waals surface area contributed by atoms with Gasteiger partial charge in [0.2, 0.25) is 0 Å². The third-order valence-corrected chi connectivity index (χ3v) is 4.77. The smallest absolute Gasteiger partial charge is 0.184 e. The summed E-state index contributed by atoms with van der Waals surface area (Å²) in [6.45, 7) is 2.24. The van der Waals surface area contributed by atoms with Gasteiger partial charge in [-0.05, 0) is 44.5 Å². The van der Waals surface area contributed by atoms with E-state index in [2.05, 4.69) is 23.3 Å². The van der Waals surface area contributed by atoms with Crippen molar-refractivity contribution < 1.29 is 9.47 Å². The number of fused-ring (bicyclic) bond motifs is 1. The van der Waals surface area contributed by atoms with Crippen molar-refractivity contribution in [3.63, 3.8) is 0 Å². The normalized spacial score (nSPS) is 25.4. The molecule has 110 valence electrons. The minimum absolute atomic E-state index is 0.579. The van der Waals surface area contributed by atoms with E-state index in [1.54, 1.807) is 14.2 Å². The van der Waals surface area contributed by atoms with E-state index < -0.39 is 0 Å². The van der Waals surface area contributed by atoms with Crippen molar-refractivity contribution in [1.82, 2.24) is 4.90 Å². The van der Waals surface area contributed by atoms with Crippen molar-refractivity contribution in [3.05, 3.63) is 17.7 Å². The molecule has 2 aliphatic rings. The van der Waals surface area contributed by atoms with Crippen LogP contribution >= 0.6 is 0 Å². The molecular formula is C16H24N2O2. The molecule has 0 aromatic heterocycles. The molecule has 0 amide bonds. The number of ether oxygens (including phenoxy) is 2. The standard InChI is InChI=1S/C16H24N2O2/c1-18-8-4-5-12(18)9-11-10-17-15-13(11)6-7-14(19-2)16(15)20-3/h6-7,11-12,17H,4-5,8-10H2,1-3H3/t11?,12-/m1/s1. The average Bonchev–Trinajstić information content (AvgIpc) is 3.05. The van der Waals surface area contributed by atoms with Crippen molar-refractivity contribution >= 4 is 5.69 Å². The molecule has 3 rings (SSSR count). The largest absolute Gasteiger partial charge is 0.493 e. The number of nitrogens with zero attached hydrogens (tertiary/aromatic N) is 1. The summed E-state index contributed by atoms with van der Waals surface area (Å²) in [6, 6.07) is 4.94. The highest BCUT2D eigenvalue weighted by Gasteiger charge is 2.31. The van der Waals surface area contributed by atoms with Gasteiger partial charge in [-0.3, -0.25) is 0 Å². The van der Waals surface area contributed by atoms with Crippen molar-refractivity contribution in [3.8, 4) is 11.5 Å². The molecule has 2 aliphatic heterocycles. The molecule has 1 aromatic rings. The first-order valence-corrected chi connectivity index (χ1v) is 7.43. The second-order valence-corrected chi connectivity index (χ2v) is 5.86. The van der Waals surface area contributed by atoms with Crippen LogP contribution in [-0.4, -0.2) is 45.3 Å². The van der Waals surface area contributed by atoms with E-state index in [1.807, 2.05) is 6.07 Å². The van der Waals surface area contributed by atoms with Crippen LogP contribution in [0.2, 0.25) is 0 Å². The summed E-state index contributed by atoms with van der Waals surface area (Å²) in [5, 5.41) is 3.51. The van der Waals surface area contributed by atoms with Gasteiger partial charge in [-0.2, -0.15) is 0 Å². The van der Waals surface area contributed by atoms with Crippen LogP contribution in [0.25, 0.3) is 0 Å². The fourth-order valence-corrected chi connectivity index (χ4v) is 3.62. The van der Waals surface area contributed by atoms with Crippen molar-refractivity contribution in [1.29, 1.82) is 0 Å². The zero-order chi connectivity index (χ0) is 14.1. The van der Waals surface area contributed by atoms with Crippen LogP contribution in [0.4, 0.5) is 5.69 Å². The second-order valence-electron chi connectivity index (χ2n) is 5.86.